The Hall–Kier alpha value is -1.16. The number of esters is 1. The zero-order chi connectivity index (χ0) is 10.6. The van der Waals surface area contributed by atoms with Crippen molar-refractivity contribution in [1.82, 2.24) is 4.98 Å². The highest BCUT2D eigenvalue weighted by Crippen LogP contribution is 2.13. The number of hydrogen-bond acceptors (Lipinski definition) is 4. The van der Waals surface area contributed by atoms with Crippen LogP contribution >= 0.6 is 11.3 Å². The minimum Gasteiger partial charge on any atom is -0.463 e. The molecule has 0 saturated heterocycles. The zero-order valence-electron chi connectivity index (χ0n) is 8.53. The van der Waals surface area contributed by atoms with Crippen LogP contribution in [0.3, 0.4) is 0 Å². The Labute approximate surface area is 87.4 Å². The number of carbonyl (C=O) groups excluding carboxylic acids is 1. The second kappa shape index (κ2) is 4.91. The fraction of sp³-hybridized carbons (Fsp3) is 0.400. The first-order valence-electron chi connectivity index (χ1n) is 4.41. The Kier molecular flexibility index (Phi) is 3.83. The third-order valence-electron chi connectivity index (χ3n) is 1.57. The lowest BCUT2D eigenvalue weighted by Crippen LogP contribution is -2.04. The van der Waals surface area contributed by atoms with Gasteiger partial charge >= 0.3 is 5.97 Å². The van der Waals surface area contributed by atoms with Crippen LogP contribution in [0.4, 0.5) is 0 Å². The van der Waals surface area contributed by atoms with E-state index in [1.807, 2.05) is 12.3 Å². The molecule has 0 aromatic carbocycles. The second-order valence-electron chi connectivity index (χ2n) is 2.87. The Morgan fingerprint density at radius 3 is 2.93 bits per heavy atom. The number of rotatable bonds is 3. The van der Waals surface area contributed by atoms with Crippen LogP contribution in [0.15, 0.2) is 11.0 Å². The van der Waals surface area contributed by atoms with E-state index in [2.05, 4.69) is 4.98 Å². The molecule has 76 valence electrons. The third kappa shape index (κ3) is 2.96. The number of thiazole rings is 1. The summed E-state index contributed by atoms with van der Waals surface area (Å²) in [6.07, 6.45) is 1.75. The van der Waals surface area contributed by atoms with E-state index >= 15 is 0 Å². The van der Waals surface area contributed by atoms with Crippen LogP contribution in [0.1, 0.15) is 24.5 Å². The van der Waals surface area contributed by atoms with E-state index in [0.29, 0.717) is 12.2 Å². The molecule has 0 aliphatic heterocycles. The number of nitrogens with zero attached hydrogens (tertiary/aromatic N) is 1. The summed E-state index contributed by atoms with van der Waals surface area (Å²) in [6, 6.07) is 0. The van der Waals surface area contributed by atoms with Crippen LogP contribution in [0.25, 0.3) is 6.08 Å². The summed E-state index contributed by atoms with van der Waals surface area (Å²) >= 11 is 1.52. The van der Waals surface area contributed by atoms with Crippen LogP contribution < -0.4 is 0 Å². The number of aryl methyl sites for hydroxylation is 1. The molecule has 0 amide bonds. The summed E-state index contributed by atoms with van der Waals surface area (Å²) in [4.78, 5) is 15.5. The summed E-state index contributed by atoms with van der Waals surface area (Å²) in [5, 5.41) is 2.79. The molecule has 0 bridgehead atoms. The summed E-state index contributed by atoms with van der Waals surface area (Å²) in [7, 11) is 0. The van der Waals surface area contributed by atoms with Gasteiger partial charge < -0.3 is 4.74 Å². The van der Waals surface area contributed by atoms with Crippen molar-refractivity contribution in [3.05, 3.63) is 21.7 Å². The highest BCUT2D eigenvalue weighted by atomic mass is 32.1. The Morgan fingerprint density at radius 1 is 1.71 bits per heavy atom. The fourth-order valence-electron chi connectivity index (χ4n) is 0.928. The summed E-state index contributed by atoms with van der Waals surface area (Å²) in [6.45, 7) is 5.85. The second-order valence-corrected chi connectivity index (χ2v) is 3.76. The predicted octanol–water partition coefficient (Wildman–Crippen LogP) is 2.42. The van der Waals surface area contributed by atoms with E-state index in [4.69, 9.17) is 4.74 Å². The average Bonchev–Trinajstić information content (AvgIpc) is 2.51. The van der Waals surface area contributed by atoms with Crippen molar-refractivity contribution in [3.8, 4) is 0 Å². The predicted molar refractivity (Wildman–Crippen MR) is 57.1 cm³/mol. The van der Waals surface area contributed by atoms with Gasteiger partial charge in [0.15, 0.2) is 0 Å². The van der Waals surface area contributed by atoms with E-state index in [1.165, 1.54) is 11.3 Å². The average molecular weight is 211 g/mol. The van der Waals surface area contributed by atoms with Crippen LogP contribution in [0, 0.1) is 6.92 Å². The molecular weight excluding hydrogens is 198 g/mol. The fourth-order valence-corrected chi connectivity index (χ4v) is 1.71. The first-order valence-corrected chi connectivity index (χ1v) is 5.29. The van der Waals surface area contributed by atoms with Gasteiger partial charge in [0.2, 0.25) is 0 Å². The van der Waals surface area contributed by atoms with E-state index in [1.54, 1.807) is 19.9 Å². The molecule has 14 heavy (non-hydrogen) atoms. The van der Waals surface area contributed by atoms with Crippen LogP contribution in [0.2, 0.25) is 0 Å². The van der Waals surface area contributed by atoms with Gasteiger partial charge in [-0.2, -0.15) is 0 Å². The maximum atomic E-state index is 11.2. The molecule has 0 fully saturated rings. The van der Waals surface area contributed by atoms with E-state index in [0.717, 1.165) is 10.7 Å². The van der Waals surface area contributed by atoms with E-state index in [-0.39, 0.29) is 5.97 Å². The summed E-state index contributed by atoms with van der Waals surface area (Å²) in [5.74, 6) is -0.277. The molecular formula is C10H13NO2S. The quantitative estimate of drug-likeness (QED) is 0.569. The maximum Gasteiger partial charge on any atom is 0.333 e. The van der Waals surface area contributed by atoms with E-state index < -0.39 is 0 Å². The van der Waals surface area contributed by atoms with Gasteiger partial charge in [0.1, 0.15) is 5.01 Å². The Balaban J connectivity index is 2.73. The third-order valence-corrected chi connectivity index (χ3v) is 2.48. The lowest BCUT2D eigenvalue weighted by Gasteiger charge is -1.99. The van der Waals surface area contributed by atoms with Crippen molar-refractivity contribution in [2.45, 2.75) is 20.8 Å². The van der Waals surface area contributed by atoms with Crippen LogP contribution in [-0.2, 0) is 9.53 Å². The molecule has 0 N–H and O–H groups in total. The van der Waals surface area contributed by atoms with Crippen molar-refractivity contribution in [3.63, 3.8) is 0 Å². The highest BCUT2D eigenvalue weighted by Gasteiger charge is 2.05. The van der Waals surface area contributed by atoms with Gasteiger partial charge in [-0.25, -0.2) is 9.78 Å². The van der Waals surface area contributed by atoms with Crippen molar-refractivity contribution in [1.29, 1.82) is 0 Å². The number of ether oxygens (including phenoxy) is 1. The number of hydrogen-bond donors (Lipinski definition) is 0. The van der Waals surface area contributed by atoms with Gasteiger partial charge in [-0.3, -0.25) is 0 Å². The topological polar surface area (TPSA) is 39.2 Å². The summed E-state index contributed by atoms with van der Waals surface area (Å²) < 4.78 is 4.85. The number of aromatic nitrogens is 1. The first kappa shape index (κ1) is 10.9. The van der Waals surface area contributed by atoms with Gasteiger partial charge in [-0.05, 0) is 26.8 Å². The molecule has 1 aromatic rings. The van der Waals surface area contributed by atoms with Crippen molar-refractivity contribution in [2.75, 3.05) is 6.61 Å². The molecule has 4 heteroatoms. The lowest BCUT2D eigenvalue weighted by molar-refractivity contribution is -0.138. The molecule has 0 aliphatic rings. The minimum absolute atomic E-state index is 0.277. The molecule has 1 aromatic heterocycles. The molecule has 1 heterocycles. The van der Waals surface area contributed by atoms with Crippen molar-refractivity contribution in [2.24, 2.45) is 0 Å². The number of carbonyl (C=O) groups is 1. The van der Waals surface area contributed by atoms with Crippen LogP contribution in [-0.4, -0.2) is 17.6 Å². The van der Waals surface area contributed by atoms with Gasteiger partial charge in [0.25, 0.3) is 0 Å². The van der Waals surface area contributed by atoms with E-state index in [9.17, 15) is 4.79 Å². The summed E-state index contributed by atoms with van der Waals surface area (Å²) in [5.41, 5.74) is 1.55. The highest BCUT2D eigenvalue weighted by molar-refractivity contribution is 7.10. The standard InChI is InChI=1S/C10H13NO2S/c1-4-13-10(12)7(2)5-9-11-8(3)6-14-9/h5-6H,4H2,1-3H3. The molecule has 3 nitrogen and oxygen atoms in total. The molecule has 0 unspecified atom stereocenters. The normalized spacial score (nSPS) is 11.5. The molecule has 0 aliphatic carbocycles. The molecule has 0 saturated carbocycles. The Bertz CT molecular complexity index is 355. The largest absolute Gasteiger partial charge is 0.463 e. The van der Waals surface area contributed by atoms with Gasteiger partial charge in [0, 0.05) is 16.6 Å². The van der Waals surface area contributed by atoms with Gasteiger partial charge in [-0.15, -0.1) is 11.3 Å². The zero-order valence-corrected chi connectivity index (χ0v) is 9.35. The van der Waals surface area contributed by atoms with Crippen LogP contribution in [0.5, 0.6) is 0 Å². The van der Waals surface area contributed by atoms with Crippen molar-refractivity contribution >= 4 is 23.4 Å². The lowest BCUT2D eigenvalue weighted by atomic mass is 10.3. The van der Waals surface area contributed by atoms with Gasteiger partial charge in [-0.1, -0.05) is 0 Å². The molecule has 0 radical (unpaired) electrons. The smallest absolute Gasteiger partial charge is 0.333 e. The first-order chi connectivity index (χ1) is 6.63. The Morgan fingerprint density at radius 2 is 2.43 bits per heavy atom. The SMILES string of the molecule is CCOC(=O)C(C)=Cc1nc(C)cs1. The molecule has 0 atom stereocenters. The minimum atomic E-state index is -0.277. The molecule has 1 rings (SSSR count). The van der Waals surface area contributed by atoms with Crippen molar-refractivity contribution < 1.29 is 9.53 Å². The monoisotopic (exact) mass is 211 g/mol. The molecule has 0 spiro atoms. The maximum absolute atomic E-state index is 11.2. The van der Waals surface area contributed by atoms with Gasteiger partial charge in [0.05, 0.1) is 6.61 Å².